The van der Waals surface area contributed by atoms with Crippen molar-refractivity contribution >= 4 is 0 Å². The van der Waals surface area contributed by atoms with Crippen molar-refractivity contribution in [1.82, 2.24) is 5.32 Å². The lowest BCUT2D eigenvalue weighted by Gasteiger charge is -2.34. The summed E-state index contributed by atoms with van der Waals surface area (Å²) in [6, 6.07) is 9.33. The van der Waals surface area contributed by atoms with Crippen LogP contribution in [0.2, 0.25) is 0 Å². The molecule has 0 radical (unpaired) electrons. The van der Waals surface area contributed by atoms with Crippen LogP contribution < -0.4 is 10.1 Å². The summed E-state index contributed by atoms with van der Waals surface area (Å²) in [5, 5.41) is 3.81. The summed E-state index contributed by atoms with van der Waals surface area (Å²) in [5.41, 5.74) is 1.27. The van der Waals surface area contributed by atoms with Gasteiger partial charge in [0, 0.05) is 17.6 Å². The second kappa shape index (κ2) is 7.12. The first-order valence-corrected chi connectivity index (χ1v) is 8.00. The van der Waals surface area contributed by atoms with E-state index >= 15 is 0 Å². The van der Waals surface area contributed by atoms with Gasteiger partial charge in [-0.2, -0.15) is 0 Å². The van der Waals surface area contributed by atoms with Crippen molar-refractivity contribution in [1.29, 1.82) is 0 Å². The van der Waals surface area contributed by atoms with Gasteiger partial charge in [-0.25, -0.2) is 0 Å². The number of hydrogen-bond acceptors (Lipinski definition) is 2. The minimum absolute atomic E-state index is 0.349. The lowest BCUT2D eigenvalue weighted by molar-refractivity contribution is 0.222. The van der Waals surface area contributed by atoms with E-state index in [1.54, 1.807) is 7.11 Å². The molecule has 2 rings (SSSR count). The van der Waals surface area contributed by atoms with Crippen LogP contribution in [0.3, 0.4) is 0 Å². The normalized spacial score (nSPS) is 24.6. The standard InChI is InChI=1S/C18H29NO/c1-13(2)15-8-7-9-16(12-15)19-14(3)17-10-5-6-11-18(17)20-4/h5-6,10-11,13-16,19H,7-9,12H2,1-4H3/t14-,15?,16?/m0/s1. The van der Waals surface area contributed by atoms with Crippen molar-refractivity contribution in [3.05, 3.63) is 29.8 Å². The highest BCUT2D eigenvalue weighted by Gasteiger charge is 2.25. The highest BCUT2D eigenvalue weighted by atomic mass is 16.5. The molecule has 1 aliphatic rings. The van der Waals surface area contributed by atoms with Crippen molar-refractivity contribution < 1.29 is 4.74 Å². The predicted octanol–water partition coefficient (Wildman–Crippen LogP) is 4.56. The molecule has 1 N–H and O–H groups in total. The molecule has 20 heavy (non-hydrogen) atoms. The summed E-state index contributed by atoms with van der Waals surface area (Å²) in [6.45, 7) is 6.96. The second-order valence-corrected chi connectivity index (χ2v) is 6.50. The van der Waals surface area contributed by atoms with E-state index in [4.69, 9.17) is 4.74 Å². The van der Waals surface area contributed by atoms with E-state index in [0.717, 1.165) is 17.6 Å². The number of nitrogens with one attached hydrogen (secondary N) is 1. The molecule has 0 aliphatic heterocycles. The Morgan fingerprint density at radius 1 is 1.15 bits per heavy atom. The van der Waals surface area contributed by atoms with Crippen molar-refractivity contribution in [2.45, 2.75) is 58.5 Å². The number of ether oxygens (including phenoxy) is 1. The molecule has 1 aromatic rings. The Kier molecular flexibility index (Phi) is 5.47. The second-order valence-electron chi connectivity index (χ2n) is 6.50. The Morgan fingerprint density at radius 2 is 1.90 bits per heavy atom. The quantitative estimate of drug-likeness (QED) is 0.850. The van der Waals surface area contributed by atoms with Crippen LogP contribution in [-0.2, 0) is 0 Å². The molecule has 0 spiro atoms. The molecule has 112 valence electrons. The molecule has 0 saturated heterocycles. The Hall–Kier alpha value is -1.02. The molecule has 1 aliphatic carbocycles. The van der Waals surface area contributed by atoms with E-state index in [9.17, 15) is 0 Å². The number of para-hydroxylation sites is 1. The van der Waals surface area contributed by atoms with Crippen LogP contribution >= 0.6 is 0 Å². The summed E-state index contributed by atoms with van der Waals surface area (Å²) in [5.74, 6) is 2.68. The molecule has 1 fully saturated rings. The topological polar surface area (TPSA) is 21.3 Å². The van der Waals surface area contributed by atoms with Gasteiger partial charge in [-0.1, -0.05) is 44.9 Å². The summed E-state index contributed by atoms with van der Waals surface area (Å²) in [4.78, 5) is 0. The Morgan fingerprint density at radius 3 is 2.60 bits per heavy atom. The fourth-order valence-electron chi connectivity index (χ4n) is 3.45. The molecular formula is C18H29NO. The van der Waals surface area contributed by atoms with Crippen molar-refractivity contribution in [2.24, 2.45) is 11.8 Å². The summed E-state index contributed by atoms with van der Waals surface area (Å²) in [7, 11) is 1.75. The molecule has 0 heterocycles. The third kappa shape index (κ3) is 3.76. The molecule has 0 bridgehead atoms. The molecule has 1 saturated carbocycles. The number of benzene rings is 1. The molecule has 1 aromatic carbocycles. The lowest BCUT2D eigenvalue weighted by atomic mass is 9.79. The lowest BCUT2D eigenvalue weighted by Crippen LogP contribution is -2.37. The van der Waals surface area contributed by atoms with Crippen molar-refractivity contribution in [2.75, 3.05) is 7.11 Å². The van der Waals surface area contributed by atoms with Crippen LogP contribution in [0.4, 0.5) is 0 Å². The van der Waals surface area contributed by atoms with Gasteiger partial charge < -0.3 is 10.1 Å². The molecule has 2 heteroatoms. The first-order chi connectivity index (χ1) is 9.61. The van der Waals surface area contributed by atoms with Gasteiger partial charge in [0.25, 0.3) is 0 Å². The van der Waals surface area contributed by atoms with Crippen LogP contribution in [0.25, 0.3) is 0 Å². The van der Waals surface area contributed by atoms with E-state index in [0.29, 0.717) is 12.1 Å². The van der Waals surface area contributed by atoms with Gasteiger partial charge in [-0.15, -0.1) is 0 Å². The SMILES string of the molecule is COc1ccccc1[C@H](C)NC1CCCC(C(C)C)C1. The molecule has 0 amide bonds. The van der Waals surface area contributed by atoms with Crippen LogP contribution in [-0.4, -0.2) is 13.2 Å². The van der Waals surface area contributed by atoms with Gasteiger partial charge >= 0.3 is 0 Å². The van der Waals surface area contributed by atoms with Crippen LogP contribution in [0.5, 0.6) is 5.75 Å². The zero-order chi connectivity index (χ0) is 14.5. The Balaban J connectivity index is 1.98. The van der Waals surface area contributed by atoms with Gasteiger partial charge in [-0.3, -0.25) is 0 Å². The third-order valence-corrected chi connectivity index (χ3v) is 4.75. The average molecular weight is 275 g/mol. The van der Waals surface area contributed by atoms with Crippen LogP contribution in [0.1, 0.15) is 58.1 Å². The minimum Gasteiger partial charge on any atom is -0.496 e. The fourth-order valence-corrected chi connectivity index (χ4v) is 3.45. The van der Waals surface area contributed by atoms with Gasteiger partial charge in [0.2, 0.25) is 0 Å². The summed E-state index contributed by atoms with van der Waals surface area (Å²) < 4.78 is 5.47. The van der Waals surface area contributed by atoms with E-state index in [-0.39, 0.29) is 0 Å². The van der Waals surface area contributed by atoms with E-state index in [1.165, 1.54) is 31.2 Å². The van der Waals surface area contributed by atoms with Crippen molar-refractivity contribution in [3.63, 3.8) is 0 Å². The molecule has 2 nitrogen and oxygen atoms in total. The molecule has 0 aromatic heterocycles. The zero-order valence-corrected chi connectivity index (χ0v) is 13.4. The average Bonchev–Trinajstić information content (AvgIpc) is 2.47. The Labute approximate surface area is 123 Å². The van der Waals surface area contributed by atoms with Gasteiger partial charge in [0.1, 0.15) is 5.75 Å². The van der Waals surface area contributed by atoms with Crippen LogP contribution in [0.15, 0.2) is 24.3 Å². The fraction of sp³-hybridized carbons (Fsp3) is 0.667. The van der Waals surface area contributed by atoms with Gasteiger partial charge in [0.05, 0.1) is 7.11 Å². The maximum atomic E-state index is 5.47. The smallest absolute Gasteiger partial charge is 0.123 e. The minimum atomic E-state index is 0.349. The Bertz CT molecular complexity index is 416. The maximum absolute atomic E-state index is 5.47. The van der Waals surface area contributed by atoms with E-state index in [1.807, 2.05) is 12.1 Å². The summed E-state index contributed by atoms with van der Waals surface area (Å²) in [6.07, 6.45) is 5.39. The van der Waals surface area contributed by atoms with Crippen molar-refractivity contribution in [3.8, 4) is 5.75 Å². The predicted molar refractivity (Wildman–Crippen MR) is 85.1 cm³/mol. The third-order valence-electron chi connectivity index (χ3n) is 4.75. The molecule has 2 unspecified atom stereocenters. The van der Waals surface area contributed by atoms with Gasteiger partial charge in [0.15, 0.2) is 0 Å². The monoisotopic (exact) mass is 275 g/mol. The first kappa shape index (κ1) is 15.4. The molecule has 3 atom stereocenters. The number of hydrogen-bond donors (Lipinski definition) is 1. The van der Waals surface area contributed by atoms with E-state index < -0.39 is 0 Å². The zero-order valence-electron chi connectivity index (χ0n) is 13.4. The largest absolute Gasteiger partial charge is 0.496 e. The summed E-state index contributed by atoms with van der Waals surface area (Å²) >= 11 is 0. The highest BCUT2D eigenvalue weighted by Crippen LogP contribution is 2.32. The maximum Gasteiger partial charge on any atom is 0.123 e. The highest BCUT2D eigenvalue weighted by molar-refractivity contribution is 5.35. The van der Waals surface area contributed by atoms with E-state index in [2.05, 4.69) is 38.2 Å². The number of methoxy groups -OCH3 is 1. The number of rotatable bonds is 5. The molecular weight excluding hydrogens is 246 g/mol. The first-order valence-electron chi connectivity index (χ1n) is 8.00. The van der Waals surface area contributed by atoms with Gasteiger partial charge in [-0.05, 0) is 37.7 Å². The van der Waals surface area contributed by atoms with Crippen LogP contribution in [0, 0.1) is 11.8 Å².